The molecule has 5 aliphatic rings. The van der Waals surface area contributed by atoms with Crippen LogP contribution in [0.2, 0.25) is 0 Å². The largest absolute Gasteiger partial charge is 0.0995 e. The molecule has 0 N–H and O–H groups in total. The lowest BCUT2D eigenvalue weighted by molar-refractivity contribution is -0.0972. The highest BCUT2D eigenvalue weighted by Crippen LogP contribution is 2.84. The molecular weight excluding hydrogens is 348 g/mol. The van der Waals surface area contributed by atoms with E-state index in [4.69, 9.17) is 6.58 Å². The van der Waals surface area contributed by atoms with Crippen LogP contribution in [0.25, 0.3) is 0 Å². The van der Waals surface area contributed by atoms with E-state index >= 15 is 0 Å². The fourth-order valence-electron chi connectivity index (χ4n) is 9.33. The Morgan fingerprint density at radius 1 is 1.03 bits per heavy atom. The molecule has 0 spiro atoms. The van der Waals surface area contributed by atoms with E-state index in [2.05, 4.69) is 59.9 Å². The van der Waals surface area contributed by atoms with E-state index in [0.29, 0.717) is 33.5 Å². The van der Waals surface area contributed by atoms with Crippen LogP contribution in [0, 0.1) is 39.4 Å². The molecule has 156 valence electrons. The van der Waals surface area contributed by atoms with E-state index in [1.807, 2.05) is 0 Å². The molecule has 0 aromatic rings. The Morgan fingerprint density at radius 2 is 1.76 bits per heavy atom. The van der Waals surface area contributed by atoms with Gasteiger partial charge in [-0.1, -0.05) is 77.7 Å². The van der Waals surface area contributed by atoms with Crippen LogP contribution in [-0.4, -0.2) is 0 Å². The highest BCUT2D eigenvalue weighted by Gasteiger charge is 2.77. The average Bonchev–Trinajstić information content (AvgIpc) is 3.13. The Hall–Kier alpha value is -1.30. The van der Waals surface area contributed by atoms with Gasteiger partial charge in [-0.25, -0.2) is 0 Å². The molecule has 2 bridgehead atoms. The van der Waals surface area contributed by atoms with Crippen molar-refractivity contribution in [1.82, 2.24) is 0 Å². The molecule has 0 aliphatic heterocycles. The summed E-state index contributed by atoms with van der Waals surface area (Å²) in [5.41, 5.74) is 8.86. The van der Waals surface area contributed by atoms with Crippen LogP contribution in [0.1, 0.15) is 79.6 Å². The summed E-state index contributed by atoms with van der Waals surface area (Å²) in [5, 5.41) is 0. The molecule has 0 aromatic heterocycles. The third-order valence-corrected chi connectivity index (χ3v) is 11.2. The molecular formula is C29H40. The zero-order valence-corrected chi connectivity index (χ0v) is 19.5. The molecule has 0 radical (unpaired) electrons. The SMILES string of the molecule is C=C1CC2=C(C1)C(=C)C(C[C@H]1C(=C)C[C@]3(C)[C@@]14CC(C)(C)[C@]3(C)CC[C@@H]4C)C=C2. The lowest BCUT2D eigenvalue weighted by Gasteiger charge is -2.58. The molecule has 0 amide bonds. The summed E-state index contributed by atoms with van der Waals surface area (Å²) in [4.78, 5) is 0. The molecule has 0 aromatic carbocycles. The molecule has 29 heavy (non-hydrogen) atoms. The first-order valence-electron chi connectivity index (χ1n) is 11.9. The lowest BCUT2D eigenvalue weighted by Crippen LogP contribution is -2.51. The van der Waals surface area contributed by atoms with Gasteiger partial charge in [-0.05, 0) is 95.2 Å². The molecule has 3 fully saturated rings. The molecule has 0 saturated heterocycles. The molecule has 0 heterocycles. The normalized spacial score (nSPS) is 47.8. The van der Waals surface area contributed by atoms with Gasteiger partial charge in [-0.2, -0.15) is 0 Å². The second-order valence-electron chi connectivity index (χ2n) is 12.4. The highest BCUT2D eigenvalue weighted by molar-refractivity contribution is 5.53. The third-order valence-electron chi connectivity index (χ3n) is 11.2. The van der Waals surface area contributed by atoms with Crippen molar-refractivity contribution in [2.75, 3.05) is 0 Å². The summed E-state index contributed by atoms with van der Waals surface area (Å²) in [7, 11) is 0. The van der Waals surface area contributed by atoms with Gasteiger partial charge in [0.2, 0.25) is 0 Å². The number of hydrogen-bond acceptors (Lipinski definition) is 0. The quantitative estimate of drug-likeness (QED) is 0.418. The summed E-state index contributed by atoms with van der Waals surface area (Å²) in [5.74, 6) is 1.89. The maximum absolute atomic E-state index is 4.72. The third kappa shape index (κ3) is 2.12. The van der Waals surface area contributed by atoms with Crippen molar-refractivity contribution in [3.63, 3.8) is 0 Å². The van der Waals surface area contributed by atoms with Gasteiger partial charge >= 0.3 is 0 Å². The van der Waals surface area contributed by atoms with E-state index < -0.39 is 0 Å². The van der Waals surface area contributed by atoms with Crippen molar-refractivity contribution in [1.29, 1.82) is 0 Å². The van der Waals surface area contributed by atoms with Crippen molar-refractivity contribution in [3.8, 4) is 0 Å². The van der Waals surface area contributed by atoms with Crippen LogP contribution < -0.4 is 0 Å². The van der Waals surface area contributed by atoms with Crippen LogP contribution in [0.15, 0.2) is 59.8 Å². The molecule has 3 saturated carbocycles. The van der Waals surface area contributed by atoms with Gasteiger partial charge < -0.3 is 0 Å². The van der Waals surface area contributed by atoms with Crippen LogP contribution in [-0.2, 0) is 0 Å². The summed E-state index contributed by atoms with van der Waals surface area (Å²) in [6.07, 6.45) is 13.5. The van der Waals surface area contributed by atoms with Crippen molar-refractivity contribution >= 4 is 0 Å². The van der Waals surface area contributed by atoms with Gasteiger partial charge in [-0.3, -0.25) is 0 Å². The summed E-state index contributed by atoms with van der Waals surface area (Å²) >= 11 is 0. The Kier molecular flexibility index (Phi) is 3.85. The second-order valence-corrected chi connectivity index (χ2v) is 12.4. The van der Waals surface area contributed by atoms with Crippen molar-refractivity contribution < 1.29 is 0 Å². The first-order chi connectivity index (χ1) is 13.5. The van der Waals surface area contributed by atoms with Crippen LogP contribution in [0.3, 0.4) is 0 Å². The van der Waals surface area contributed by atoms with Gasteiger partial charge in [0.05, 0.1) is 0 Å². The predicted octanol–water partition coefficient (Wildman–Crippen LogP) is 8.20. The molecule has 6 atom stereocenters. The first kappa shape index (κ1) is 19.7. The van der Waals surface area contributed by atoms with Gasteiger partial charge in [0.25, 0.3) is 0 Å². The Morgan fingerprint density at radius 3 is 2.48 bits per heavy atom. The molecule has 0 heteroatoms. The fourth-order valence-corrected chi connectivity index (χ4v) is 9.33. The average molecular weight is 389 g/mol. The summed E-state index contributed by atoms with van der Waals surface area (Å²) in [6.45, 7) is 26.5. The van der Waals surface area contributed by atoms with Crippen LogP contribution in [0.4, 0.5) is 0 Å². The van der Waals surface area contributed by atoms with Gasteiger partial charge in [0.15, 0.2) is 0 Å². The zero-order chi connectivity index (χ0) is 21.0. The van der Waals surface area contributed by atoms with Crippen molar-refractivity contribution in [2.24, 2.45) is 39.4 Å². The van der Waals surface area contributed by atoms with Crippen molar-refractivity contribution in [3.05, 3.63) is 59.8 Å². The second kappa shape index (κ2) is 5.68. The molecule has 5 rings (SSSR count). The van der Waals surface area contributed by atoms with Gasteiger partial charge in [0.1, 0.15) is 0 Å². The Balaban J connectivity index is 1.52. The van der Waals surface area contributed by atoms with Gasteiger partial charge in [-0.15, -0.1) is 0 Å². The minimum atomic E-state index is 0.384. The van der Waals surface area contributed by atoms with E-state index in [1.165, 1.54) is 54.4 Å². The minimum absolute atomic E-state index is 0.384. The fraction of sp³-hybridized carbons (Fsp3) is 0.655. The lowest BCUT2D eigenvalue weighted by atomic mass is 9.46. The van der Waals surface area contributed by atoms with Crippen molar-refractivity contribution in [2.45, 2.75) is 79.6 Å². The highest BCUT2D eigenvalue weighted by atomic mass is 14.8. The van der Waals surface area contributed by atoms with E-state index in [9.17, 15) is 0 Å². The van der Waals surface area contributed by atoms with E-state index in [1.54, 1.807) is 5.57 Å². The topological polar surface area (TPSA) is 0 Å². The monoisotopic (exact) mass is 388 g/mol. The maximum Gasteiger partial charge on any atom is 0.00241 e. The Labute approximate surface area is 178 Å². The summed E-state index contributed by atoms with van der Waals surface area (Å²) in [6, 6.07) is 0. The molecule has 1 unspecified atom stereocenters. The Bertz CT molecular complexity index is 891. The predicted molar refractivity (Wildman–Crippen MR) is 124 cm³/mol. The number of hydrogen-bond donors (Lipinski definition) is 0. The molecule has 0 nitrogen and oxygen atoms in total. The van der Waals surface area contributed by atoms with Crippen LogP contribution >= 0.6 is 0 Å². The summed E-state index contributed by atoms with van der Waals surface area (Å²) < 4.78 is 0. The van der Waals surface area contributed by atoms with E-state index in [0.717, 1.165) is 18.8 Å². The first-order valence-corrected chi connectivity index (χ1v) is 11.9. The van der Waals surface area contributed by atoms with Gasteiger partial charge in [0, 0.05) is 5.92 Å². The minimum Gasteiger partial charge on any atom is -0.0995 e. The number of allylic oxidation sites excluding steroid dienone is 7. The molecule has 5 aliphatic carbocycles. The zero-order valence-electron chi connectivity index (χ0n) is 19.5. The standard InChI is InChI=1S/C29H40/c1-18-13-23-10-9-22(21(4)24(23)14-18)15-25-19(2)16-28(8)27(7)12-11-20(3)29(25,28)17-26(27,5)6/h9-10,20,22,25H,1-2,4,11-17H2,3,5-8H3/t20-,22?,25-,27-,28-,29+/m0/s1. The smallest absolute Gasteiger partial charge is 0.00241 e. The number of rotatable bonds is 2. The maximum atomic E-state index is 4.72. The van der Waals surface area contributed by atoms with Crippen LogP contribution in [0.5, 0.6) is 0 Å². The van der Waals surface area contributed by atoms with E-state index in [-0.39, 0.29) is 0 Å².